The first-order chi connectivity index (χ1) is 11.2. The van der Waals surface area contributed by atoms with Crippen molar-refractivity contribution < 1.29 is 19.1 Å². The zero-order valence-electron chi connectivity index (χ0n) is 15.0. The summed E-state index contributed by atoms with van der Waals surface area (Å²) in [6.45, 7) is 7.66. The Morgan fingerprint density at radius 3 is 1.42 bits per heavy atom. The van der Waals surface area contributed by atoms with Gasteiger partial charge in [0, 0.05) is 0 Å². The molecule has 1 fully saturated rings. The smallest absolute Gasteiger partial charge is 0.338 e. The molecule has 1 aliphatic heterocycles. The monoisotopic (exact) mass is 374 g/mol. The number of nitrogens with one attached hydrogen (secondary N) is 2. The van der Waals surface area contributed by atoms with Crippen LogP contribution < -0.4 is 10.6 Å². The largest absolute Gasteiger partial charge is 0.467 e. The van der Waals surface area contributed by atoms with Crippen LogP contribution in [0.1, 0.15) is 40.5 Å². The van der Waals surface area contributed by atoms with Crippen LogP contribution in [0, 0.1) is 11.8 Å². The van der Waals surface area contributed by atoms with Crippen LogP contribution in [-0.4, -0.2) is 47.2 Å². The Labute approximate surface area is 154 Å². The summed E-state index contributed by atoms with van der Waals surface area (Å²) in [7, 11) is 2.60. The number of carbonyl (C=O) groups is 2. The molecular formula is C16H26N2O4S2. The summed E-state index contributed by atoms with van der Waals surface area (Å²) in [6.07, 6.45) is 1.34. The number of hydrogen-bond acceptors (Lipinski definition) is 6. The van der Waals surface area contributed by atoms with Gasteiger partial charge in [0.25, 0.3) is 0 Å². The molecule has 1 saturated heterocycles. The number of hydrogen-bond donors (Lipinski definition) is 2. The van der Waals surface area contributed by atoms with E-state index in [2.05, 4.69) is 10.6 Å². The second kappa shape index (κ2) is 7.74. The molecule has 0 aliphatic carbocycles. The quantitative estimate of drug-likeness (QED) is 0.538. The van der Waals surface area contributed by atoms with Gasteiger partial charge >= 0.3 is 11.9 Å². The molecule has 2 N–H and O–H groups in total. The Bertz CT molecular complexity index is 506. The van der Waals surface area contributed by atoms with Crippen molar-refractivity contribution in [3.8, 4) is 0 Å². The zero-order chi connectivity index (χ0) is 18.7. The lowest BCUT2D eigenvalue weighted by Crippen LogP contribution is -2.81. The highest BCUT2D eigenvalue weighted by atomic mass is 32.1. The summed E-state index contributed by atoms with van der Waals surface area (Å²) in [6, 6.07) is 0. The van der Waals surface area contributed by atoms with Crippen molar-refractivity contribution >= 4 is 46.4 Å². The number of esters is 2. The zero-order valence-corrected chi connectivity index (χ0v) is 16.7. The van der Waals surface area contributed by atoms with Crippen LogP contribution >= 0.6 is 24.4 Å². The van der Waals surface area contributed by atoms with Gasteiger partial charge in [-0.2, -0.15) is 0 Å². The van der Waals surface area contributed by atoms with Gasteiger partial charge in [-0.3, -0.25) is 0 Å². The van der Waals surface area contributed by atoms with Gasteiger partial charge in [-0.05, 0) is 11.8 Å². The van der Waals surface area contributed by atoms with Crippen LogP contribution in [0.15, 0.2) is 0 Å². The van der Waals surface area contributed by atoms with E-state index in [9.17, 15) is 9.59 Å². The van der Waals surface area contributed by atoms with Crippen molar-refractivity contribution in [3.05, 3.63) is 0 Å². The van der Waals surface area contributed by atoms with Crippen LogP contribution in [0.3, 0.4) is 0 Å². The lowest BCUT2D eigenvalue weighted by molar-refractivity contribution is -0.150. The fourth-order valence-corrected chi connectivity index (χ4v) is 3.98. The summed E-state index contributed by atoms with van der Waals surface area (Å²) >= 11 is 11.0. The van der Waals surface area contributed by atoms with Crippen LogP contribution in [0.2, 0.25) is 0 Å². The highest BCUT2D eigenvalue weighted by Gasteiger charge is 2.61. The highest BCUT2D eigenvalue weighted by Crippen LogP contribution is 2.34. The average Bonchev–Trinajstić information content (AvgIpc) is 2.60. The molecule has 1 aliphatic rings. The molecule has 0 saturated carbocycles. The SMILES string of the molecule is CC[C@H](C)[C@@]1(C(=O)OC)NC(=S)[C@@](C(=O)OC)([C@@H](C)CC)NC1=S. The molecule has 0 radical (unpaired) electrons. The molecule has 6 nitrogen and oxygen atoms in total. The van der Waals surface area contributed by atoms with E-state index in [0.29, 0.717) is 12.8 Å². The Morgan fingerprint density at radius 2 is 1.21 bits per heavy atom. The first-order valence-corrected chi connectivity index (χ1v) is 8.82. The molecule has 24 heavy (non-hydrogen) atoms. The third-order valence-corrected chi connectivity index (χ3v) is 5.90. The fraction of sp³-hybridized carbons (Fsp3) is 0.750. The Morgan fingerprint density at radius 1 is 0.917 bits per heavy atom. The molecular weight excluding hydrogens is 348 g/mol. The van der Waals surface area contributed by atoms with Gasteiger partial charge in [-0.25, -0.2) is 9.59 Å². The molecule has 0 amide bonds. The van der Waals surface area contributed by atoms with E-state index in [4.69, 9.17) is 33.9 Å². The second-order valence-electron chi connectivity index (χ2n) is 6.13. The Hall–Kier alpha value is -1.28. The van der Waals surface area contributed by atoms with Crippen molar-refractivity contribution in [2.75, 3.05) is 14.2 Å². The maximum Gasteiger partial charge on any atom is 0.338 e. The number of carbonyl (C=O) groups excluding carboxylic acids is 2. The van der Waals surface area contributed by atoms with E-state index >= 15 is 0 Å². The minimum atomic E-state index is -1.29. The molecule has 1 heterocycles. The van der Waals surface area contributed by atoms with E-state index in [-0.39, 0.29) is 21.8 Å². The molecule has 0 unspecified atom stereocenters. The molecule has 4 atom stereocenters. The predicted molar refractivity (Wildman–Crippen MR) is 99.9 cm³/mol. The van der Waals surface area contributed by atoms with Gasteiger partial charge in [-0.15, -0.1) is 0 Å². The molecule has 0 aromatic carbocycles. The fourth-order valence-electron chi connectivity index (χ4n) is 2.99. The summed E-state index contributed by atoms with van der Waals surface area (Å²) in [5.74, 6) is -1.43. The Kier molecular flexibility index (Phi) is 6.69. The molecule has 0 spiro atoms. The van der Waals surface area contributed by atoms with Gasteiger partial charge in [0.1, 0.15) is 9.98 Å². The van der Waals surface area contributed by atoms with E-state index in [1.54, 1.807) is 0 Å². The van der Waals surface area contributed by atoms with E-state index < -0.39 is 23.0 Å². The van der Waals surface area contributed by atoms with Crippen LogP contribution in [0.25, 0.3) is 0 Å². The number of rotatable bonds is 6. The van der Waals surface area contributed by atoms with Crippen molar-refractivity contribution in [3.63, 3.8) is 0 Å². The van der Waals surface area contributed by atoms with Gasteiger partial charge in [-0.1, -0.05) is 65.0 Å². The van der Waals surface area contributed by atoms with E-state index in [0.717, 1.165) is 0 Å². The normalized spacial score (nSPS) is 29.1. The van der Waals surface area contributed by atoms with Crippen molar-refractivity contribution in [2.24, 2.45) is 11.8 Å². The third kappa shape index (κ3) is 2.90. The predicted octanol–water partition coefficient (Wildman–Crippen LogP) is 1.75. The molecule has 8 heteroatoms. The molecule has 136 valence electrons. The maximum absolute atomic E-state index is 12.5. The summed E-state index contributed by atoms with van der Waals surface area (Å²) < 4.78 is 9.94. The molecule has 0 aromatic heterocycles. The number of piperazine rings is 1. The van der Waals surface area contributed by atoms with Gasteiger partial charge in [0.2, 0.25) is 0 Å². The number of methoxy groups -OCH3 is 2. The summed E-state index contributed by atoms with van der Waals surface area (Å²) in [4.78, 5) is 25.5. The number of thiocarbonyl (C=S) groups is 2. The van der Waals surface area contributed by atoms with Crippen LogP contribution in [0.5, 0.6) is 0 Å². The average molecular weight is 375 g/mol. The third-order valence-electron chi connectivity index (χ3n) is 5.06. The second-order valence-corrected chi connectivity index (χ2v) is 6.94. The van der Waals surface area contributed by atoms with E-state index in [1.165, 1.54) is 14.2 Å². The number of ether oxygens (including phenoxy) is 2. The summed E-state index contributed by atoms with van der Waals surface area (Å²) in [5, 5.41) is 6.11. The van der Waals surface area contributed by atoms with Gasteiger partial charge in [0.05, 0.1) is 14.2 Å². The lowest BCUT2D eigenvalue weighted by Gasteiger charge is -2.50. The van der Waals surface area contributed by atoms with Crippen molar-refractivity contribution in [2.45, 2.75) is 51.6 Å². The summed E-state index contributed by atoms with van der Waals surface area (Å²) in [5.41, 5.74) is -2.58. The Balaban J connectivity index is 3.48. The van der Waals surface area contributed by atoms with Gasteiger partial charge in [0.15, 0.2) is 11.1 Å². The minimum Gasteiger partial charge on any atom is -0.467 e. The maximum atomic E-state index is 12.5. The first-order valence-electron chi connectivity index (χ1n) is 8.00. The van der Waals surface area contributed by atoms with Crippen LogP contribution in [-0.2, 0) is 19.1 Å². The first kappa shape index (κ1) is 20.8. The van der Waals surface area contributed by atoms with Crippen molar-refractivity contribution in [1.82, 2.24) is 10.6 Å². The topological polar surface area (TPSA) is 76.7 Å². The molecule has 0 bridgehead atoms. The standard InChI is InChI=1S/C16H26N2O4S2/c1-7-9(3)15(13(19)21-5)11(23)18-16(10(4)8-2,12(24)17-15)14(20)22-6/h9-10H,7-8H2,1-6H3,(H,17,24)(H,18,23)/t9-,10-,15+,16+/m0/s1. The lowest BCUT2D eigenvalue weighted by atomic mass is 9.74. The highest BCUT2D eigenvalue weighted by molar-refractivity contribution is 7.81. The van der Waals surface area contributed by atoms with E-state index in [1.807, 2.05) is 27.7 Å². The minimum absolute atomic E-state index is 0.185. The van der Waals surface area contributed by atoms with Crippen LogP contribution in [0.4, 0.5) is 0 Å². The van der Waals surface area contributed by atoms with Gasteiger partial charge < -0.3 is 20.1 Å². The molecule has 0 aromatic rings. The molecule has 1 rings (SSSR count). The van der Waals surface area contributed by atoms with Crippen molar-refractivity contribution in [1.29, 1.82) is 0 Å².